The van der Waals surface area contributed by atoms with Gasteiger partial charge in [-0.1, -0.05) is 29.8 Å². The van der Waals surface area contributed by atoms with Crippen molar-refractivity contribution in [3.05, 3.63) is 59.2 Å². The molecule has 2 heterocycles. The van der Waals surface area contributed by atoms with Gasteiger partial charge in [-0.15, -0.1) is 0 Å². The molecule has 27 heavy (non-hydrogen) atoms. The van der Waals surface area contributed by atoms with Gasteiger partial charge in [0, 0.05) is 17.6 Å². The molecular formula is C21H20ClN3O2. The fourth-order valence-electron chi connectivity index (χ4n) is 3.51. The predicted octanol–water partition coefficient (Wildman–Crippen LogP) is 4.29. The zero-order chi connectivity index (χ0) is 18.8. The summed E-state index contributed by atoms with van der Waals surface area (Å²) in [6.45, 7) is 0.890. The summed E-state index contributed by atoms with van der Waals surface area (Å²) in [4.78, 5) is 19.0. The van der Waals surface area contributed by atoms with Gasteiger partial charge >= 0.3 is 0 Å². The highest BCUT2D eigenvalue weighted by molar-refractivity contribution is 6.30. The molecule has 1 N–H and O–H groups in total. The Morgan fingerprint density at radius 2 is 2.11 bits per heavy atom. The molecule has 0 atom stereocenters. The maximum Gasteiger partial charge on any atom is 0.246 e. The Kier molecular flexibility index (Phi) is 4.86. The molecule has 0 bridgehead atoms. The molecule has 0 saturated heterocycles. The number of anilines is 2. The van der Waals surface area contributed by atoms with E-state index < -0.39 is 0 Å². The minimum absolute atomic E-state index is 0.0191. The molecule has 1 aliphatic heterocycles. The number of ether oxygens (including phenoxy) is 1. The van der Waals surface area contributed by atoms with E-state index in [9.17, 15) is 4.79 Å². The van der Waals surface area contributed by atoms with Gasteiger partial charge in [-0.2, -0.15) is 0 Å². The minimum atomic E-state index is 0.0191. The summed E-state index contributed by atoms with van der Waals surface area (Å²) in [6.07, 6.45) is 1.98. The second-order valence-corrected chi connectivity index (χ2v) is 6.90. The molecule has 1 amide bonds. The number of nitrogens with zero attached hydrogens (tertiary/aromatic N) is 2. The zero-order valence-corrected chi connectivity index (χ0v) is 15.8. The van der Waals surface area contributed by atoms with Crippen LogP contribution in [-0.4, -0.2) is 31.1 Å². The number of carbonyl (C=O) groups excluding carboxylic acids is 1. The Hall–Kier alpha value is -2.79. The van der Waals surface area contributed by atoms with Gasteiger partial charge in [-0.25, -0.2) is 4.98 Å². The van der Waals surface area contributed by atoms with Crippen molar-refractivity contribution in [2.45, 2.75) is 12.8 Å². The summed E-state index contributed by atoms with van der Waals surface area (Å²) >= 11 is 6.16. The number of aryl methyl sites for hydroxylation is 1. The van der Waals surface area contributed by atoms with E-state index in [1.165, 1.54) is 5.56 Å². The lowest BCUT2D eigenvalue weighted by molar-refractivity contribution is -0.117. The largest absolute Gasteiger partial charge is 0.497 e. The fraction of sp³-hybridized carbons (Fsp3) is 0.238. The van der Waals surface area contributed by atoms with Crippen LogP contribution in [-0.2, 0) is 11.2 Å². The van der Waals surface area contributed by atoms with Crippen molar-refractivity contribution in [1.82, 2.24) is 4.98 Å². The maximum absolute atomic E-state index is 12.8. The molecule has 0 saturated carbocycles. The normalized spacial score (nSPS) is 13.3. The highest BCUT2D eigenvalue weighted by atomic mass is 35.5. The number of halogens is 1. The number of hydrogen-bond acceptors (Lipinski definition) is 4. The van der Waals surface area contributed by atoms with Gasteiger partial charge in [0.25, 0.3) is 0 Å². The summed E-state index contributed by atoms with van der Waals surface area (Å²) in [7, 11) is 1.62. The summed E-state index contributed by atoms with van der Waals surface area (Å²) in [6, 6.07) is 15.5. The number of carbonyl (C=O) groups is 1. The van der Waals surface area contributed by atoms with E-state index in [-0.39, 0.29) is 12.5 Å². The van der Waals surface area contributed by atoms with Gasteiger partial charge in [0.05, 0.1) is 13.7 Å². The maximum atomic E-state index is 12.8. The Labute approximate surface area is 162 Å². The van der Waals surface area contributed by atoms with Crippen LogP contribution in [0.3, 0.4) is 0 Å². The summed E-state index contributed by atoms with van der Waals surface area (Å²) < 4.78 is 5.27. The van der Waals surface area contributed by atoms with Crippen LogP contribution in [0.25, 0.3) is 10.8 Å². The number of hydrogen-bond donors (Lipinski definition) is 1. The molecule has 0 fully saturated rings. The molecule has 0 unspecified atom stereocenters. The van der Waals surface area contributed by atoms with E-state index in [1.54, 1.807) is 13.2 Å². The monoisotopic (exact) mass is 381 g/mol. The molecule has 4 rings (SSSR count). The van der Waals surface area contributed by atoms with Gasteiger partial charge in [0.15, 0.2) is 0 Å². The van der Waals surface area contributed by atoms with Crippen LogP contribution in [0, 0.1) is 0 Å². The van der Waals surface area contributed by atoms with Crippen LogP contribution in [0.1, 0.15) is 12.0 Å². The second-order valence-electron chi connectivity index (χ2n) is 6.51. The van der Waals surface area contributed by atoms with Crippen LogP contribution < -0.4 is 15.0 Å². The van der Waals surface area contributed by atoms with Crippen molar-refractivity contribution in [2.75, 3.05) is 30.4 Å². The third-order valence-electron chi connectivity index (χ3n) is 4.83. The first-order valence-corrected chi connectivity index (χ1v) is 9.30. The molecule has 1 aliphatic rings. The lowest BCUT2D eigenvalue weighted by Gasteiger charge is -2.29. The second kappa shape index (κ2) is 7.45. The topological polar surface area (TPSA) is 54.5 Å². The third kappa shape index (κ3) is 3.55. The fourth-order valence-corrected chi connectivity index (χ4v) is 3.71. The highest BCUT2D eigenvalue weighted by Crippen LogP contribution is 2.29. The zero-order valence-electron chi connectivity index (χ0n) is 15.0. The molecule has 138 valence electrons. The third-order valence-corrected chi connectivity index (χ3v) is 5.02. The Bertz CT molecular complexity index is 1010. The van der Waals surface area contributed by atoms with Crippen molar-refractivity contribution in [3.63, 3.8) is 0 Å². The number of aromatic nitrogens is 1. The number of amides is 1. The van der Waals surface area contributed by atoms with Gasteiger partial charge in [0.1, 0.15) is 16.7 Å². The lowest BCUT2D eigenvalue weighted by atomic mass is 10.0. The van der Waals surface area contributed by atoms with Crippen LogP contribution in [0.4, 0.5) is 11.5 Å². The Balaban J connectivity index is 1.56. The first kappa shape index (κ1) is 17.6. The molecule has 3 aromatic rings. The van der Waals surface area contributed by atoms with Crippen LogP contribution in [0.15, 0.2) is 48.5 Å². The van der Waals surface area contributed by atoms with E-state index in [0.29, 0.717) is 11.0 Å². The SMILES string of the molecule is COc1ccc2c(NCC(=O)N3CCCc4ccccc43)nc(Cl)cc2c1. The first-order chi connectivity index (χ1) is 13.2. The average molecular weight is 382 g/mol. The number of pyridine rings is 1. The van der Waals surface area contributed by atoms with Crippen LogP contribution >= 0.6 is 11.6 Å². The number of benzene rings is 2. The number of rotatable bonds is 4. The molecule has 5 nitrogen and oxygen atoms in total. The lowest BCUT2D eigenvalue weighted by Crippen LogP contribution is -2.39. The first-order valence-electron chi connectivity index (χ1n) is 8.92. The van der Waals surface area contributed by atoms with E-state index in [4.69, 9.17) is 16.3 Å². The number of nitrogens with one attached hydrogen (secondary N) is 1. The molecule has 0 radical (unpaired) electrons. The van der Waals surface area contributed by atoms with Crippen molar-refractivity contribution < 1.29 is 9.53 Å². The van der Waals surface area contributed by atoms with E-state index in [2.05, 4.69) is 16.4 Å². The predicted molar refractivity (Wildman–Crippen MR) is 109 cm³/mol. The van der Waals surface area contributed by atoms with Crippen LogP contribution in [0.5, 0.6) is 5.75 Å². The molecule has 2 aromatic carbocycles. The van der Waals surface area contributed by atoms with Gasteiger partial charge in [-0.3, -0.25) is 4.79 Å². The van der Waals surface area contributed by atoms with Crippen LogP contribution in [0.2, 0.25) is 5.15 Å². The number of fused-ring (bicyclic) bond motifs is 2. The van der Waals surface area contributed by atoms with Gasteiger partial charge < -0.3 is 15.0 Å². The number of para-hydroxylation sites is 1. The van der Waals surface area contributed by atoms with Crippen molar-refractivity contribution >= 4 is 39.8 Å². The van der Waals surface area contributed by atoms with Crippen molar-refractivity contribution in [1.29, 1.82) is 0 Å². The smallest absolute Gasteiger partial charge is 0.246 e. The summed E-state index contributed by atoms with van der Waals surface area (Å²) in [5.41, 5.74) is 2.22. The summed E-state index contributed by atoms with van der Waals surface area (Å²) in [5.74, 6) is 1.36. The quantitative estimate of drug-likeness (QED) is 0.685. The van der Waals surface area contributed by atoms with Gasteiger partial charge in [0.2, 0.25) is 5.91 Å². The molecule has 1 aromatic heterocycles. The Morgan fingerprint density at radius 3 is 2.96 bits per heavy atom. The standard InChI is InChI=1S/C21H20ClN3O2/c1-27-16-8-9-17-15(11-16)12-19(22)24-21(17)23-13-20(26)25-10-4-6-14-5-2-3-7-18(14)25/h2-3,5,7-9,11-12H,4,6,10,13H2,1H3,(H,23,24). The molecule has 6 heteroatoms. The molecule has 0 spiro atoms. The van der Waals surface area contributed by atoms with E-state index in [1.807, 2.05) is 41.3 Å². The minimum Gasteiger partial charge on any atom is -0.497 e. The Morgan fingerprint density at radius 1 is 1.26 bits per heavy atom. The molecule has 0 aliphatic carbocycles. The number of methoxy groups -OCH3 is 1. The van der Waals surface area contributed by atoms with E-state index in [0.717, 1.165) is 41.6 Å². The van der Waals surface area contributed by atoms with Crippen molar-refractivity contribution in [3.8, 4) is 5.75 Å². The molecular weight excluding hydrogens is 362 g/mol. The van der Waals surface area contributed by atoms with E-state index >= 15 is 0 Å². The summed E-state index contributed by atoms with van der Waals surface area (Å²) in [5, 5.41) is 5.34. The van der Waals surface area contributed by atoms with Gasteiger partial charge in [-0.05, 0) is 54.1 Å². The highest BCUT2D eigenvalue weighted by Gasteiger charge is 2.22. The average Bonchev–Trinajstić information content (AvgIpc) is 2.70. The van der Waals surface area contributed by atoms with Crippen molar-refractivity contribution in [2.24, 2.45) is 0 Å².